The summed E-state index contributed by atoms with van der Waals surface area (Å²) < 4.78 is 0. The normalized spacial score (nSPS) is 17.1. The minimum absolute atomic E-state index is 0.0585. The van der Waals surface area contributed by atoms with Gasteiger partial charge in [-0.2, -0.15) is 0 Å². The Balaban J connectivity index is 1.91. The van der Waals surface area contributed by atoms with E-state index < -0.39 is 47.7 Å². The summed E-state index contributed by atoms with van der Waals surface area (Å²) in [6.07, 6.45) is 1.27. The molecule has 1 aliphatic heterocycles. The summed E-state index contributed by atoms with van der Waals surface area (Å²) in [4.78, 5) is 62.9. The molecule has 11 nitrogen and oxygen atoms in total. The molecule has 1 aromatic carbocycles. The van der Waals surface area contributed by atoms with Gasteiger partial charge in [0.25, 0.3) is 5.91 Å². The molecule has 186 valence electrons. The molecule has 0 saturated carbocycles. The number of nitrogens with two attached hydrogens (primary N) is 1. The molecule has 1 saturated heterocycles. The lowest BCUT2D eigenvalue weighted by Crippen LogP contribution is -2.55. The zero-order valence-corrected chi connectivity index (χ0v) is 19.7. The van der Waals surface area contributed by atoms with E-state index in [1.807, 2.05) is 13.8 Å². The van der Waals surface area contributed by atoms with Gasteiger partial charge in [-0.1, -0.05) is 26.0 Å². The second-order valence-corrected chi connectivity index (χ2v) is 8.77. The first-order valence-corrected chi connectivity index (χ1v) is 11.3. The molecule has 1 aliphatic rings. The second kappa shape index (κ2) is 12.0. The van der Waals surface area contributed by atoms with Gasteiger partial charge in [0.2, 0.25) is 17.7 Å². The SMILES string of the molecule is CC(C)C[C@H](NC(=O)[C@H](C)NC(=O)[C@@H]1CCCN1C(=O)CNC(=O)c1ccccc1N)C(=O)O. The third-order valence-corrected chi connectivity index (χ3v) is 5.56. The van der Waals surface area contributed by atoms with Crippen LogP contribution in [0.15, 0.2) is 24.3 Å². The van der Waals surface area contributed by atoms with E-state index in [0.717, 1.165) is 0 Å². The number of nitrogens with zero attached hydrogens (tertiary/aromatic N) is 1. The summed E-state index contributed by atoms with van der Waals surface area (Å²) in [7, 11) is 0. The Hall–Kier alpha value is -3.63. The molecule has 0 radical (unpaired) electrons. The zero-order chi connectivity index (χ0) is 25.4. The van der Waals surface area contributed by atoms with Crippen molar-refractivity contribution in [2.45, 2.75) is 58.2 Å². The van der Waals surface area contributed by atoms with Gasteiger partial charge in [-0.3, -0.25) is 19.2 Å². The molecule has 0 bridgehead atoms. The molecule has 1 fully saturated rings. The number of anilines is 1. The lowest BCUT2D eigenvalue weighted by atomic mass is 10.0. The quantitative estimate of drug-likeness (QED) is 0.299. The second-order valence-electron chi connectivity index (χ2n) is 8.77. The lowest BCUT2D eigenvalue weighted by molar-refractivity contribution is -0.143. The number of aliphatic carboxylic acids is 1. The van der Waals surface area contributed by atoms with Crippen LogP contribution in [0.25, 0.3) is 0 Å². The molecule has 11 heteroatoms. The molecule has 3 atom stereocenters. The van der Waals surface area contributed by atoms with Gasteiger partial charge in [0, 0.05) is 12.2 Å². The van der Waals surface area contributed by atoms with Crippen LogP contribution in [0.4, 0.5) is 5.69 Å². The molecule has 6 N–H and O–H groups in total. The number of nitrogens with one attached hydrogen (secondary N) is 3. The fraction of sp³-hybridized carbons (Fsp3) is 0.522. The highest BCUT2D eigenvalue weighted by Gasteiger charge is 2.35. The topological polar surface area (TPSA) is 171 Å². The number of carbonyl (C=O) groups excluding carboxylic acids is 4. The van der Waals surface area contributed by atoms with Gasteiger partial charge in [-0.25, -0.2) is 4.79 Å². The predicted molar refractivity (Wildman–Crippen MR) is 125 cm³/mol. The highest BCUT2D eigenvalue weighted by molar-refractivity contribution is 6.01. The average molecular weight is 476 g/mol. The number of hydrogen-bond acceptors (Lipinski definition) is 6. The first-order chi connectivity index (χ1) is 16.0. The highest BCUT2D eigenvalue weighted by Crippen LogP contribution is 2.18. The fourth-order valence-corrected chi connectivity index (χ4v) is 3.76. The van der Waals surface area contributed by atoms with Crippen molar-refractivity contribution in [3.8, 4) is 0 Å². The molecule has 34 heavy (non-hydrogen) atoms. The summed E-state index contributed by atoms with van der Waals surface area (Å²) in [5.74, 6) is -3.14. The van der Waals surface area contributed by atoms with Gasteiger partial charge in [-0.15, -0.1) is 0 Å². The predicted octanol–water partition coefficient (Wildman–Crippen LogP) is 0.110. The maximum absolute atomic E-state index is 12.8. The molecule has 4 amide bonds. The summed E-state index contributed by atoms with van der Waals surface area (Å²) in [5.41, 5.74) is 6.32. The third-order valence-electron chi connectivity index (χ3n) is 5.56. The number of rotatable bonds is 10. The Morgan fingerprint density at radius 1 is 1.12 bits per heavy atom. The van der Waals surface area contributed by atoms with Gasteiger partial charge >= 0.3 is 5.97 Å². The van der Waals surface area contributed by atoms with Crippen molar-refractivity contribution < 1.29 is 29.1 Å². The Morgan fingerprint density at radius 2 is 1.79 bits per heavy atom. The molecular formula is C23H33N5O6. The lowest BCUT2D eigenvalue weighted by Gasteiger charge is -2.26. The maximum atomic E-state index is 12.8. The van der Waals surface area contributed by atoms with Crippen LogP contribution in [0.5, 0.6) is 0 Å². The first kappa shape index (κ1) is 26.6. The van der Waals surface area contributed by atoms with Crippen LogP contribution in [-0.4, -0.2) is 70.8 Å². The van der Waals surface area contributed by atoms with Gasteiger partial charge in [0.05, 0.1) is 12.1 Å². The largest absolute Gasteiger partial charge is 0.480 e. The minimum Gasteiger partial charge on any atom is -0.480 e. The fourth-order valence-electron chi connectivity index (χ4n) is 3.76. The van der Waals surface area contributed by atoms with Crippen molar-refractivity contribution in [3.63, 3.8) is 0 Å². The average Bonchev–Trinajstić information content (AvgIpc) is 3.26. The Kier molecular flexibility index (Phi) is 9.40. The van der Waals surface area contributed by atoms with Crippen molar-refractivity contribution >= 4 is 35.3 Å². The van der Waals surface area contributed by atoms with E-state index in [9.17, 15) is 29.1 Å². The Morgan fingerprint density at radius 3 is 2.41 bits per heavy atom. The minimum atomic E-state index is -1.15. The number of amides is 4. The summed E-state index contributed by atoms with van der Waals surface area (Å²) in [6, 6.07) is 3.65. The van der Waals surface area contributed by atoms with E-state index in [-0.39, 0.29) is 30.1 Å². The number of nitrogen functional groups attached to an aromatic ring is 1. The molecule has 1 aromatic rings. The number of likely N-dealkylation sites (tertiary alicyclic amines) is 1. The number of carbonyl (C=O) groups is 5. The first-order valence-electron chi connectivity index (χ1n) is 11.3. The highest BCUT2D eigenvalue weighted by atomic mass is 16.4. The summed E-state index contributed by atoms with van der Waals surface area (Å²) in [5, 5.41) is 16.8. The third kappa shape index (κ3) is 7.19. The van der Waals surface area contributed by atoms with E-state index in [1.165, 1.54) is 11.8 Å². The summed E-state index contributed by atoms with van der Waals surface area (Å²) >= 11 is 0. The maximum Gasteiger partial charge on any atom is 0.326 e. The molecule has 0 aliphatic carbocycles. The van der Waals surface area contributed by atoms with Crippen molar-refractivity contribution in [3.05, 3.63) is 29.8 Å². The van der Waals surface area contributed by atoms with Gasteiger partial charge in [0.1, 0.15) is 18.1 Å². The van der Waals surface area contributed by atoms with Crippen molar-refractivity contribution in [2.24, 2.45) is 5.92 Å². The number of carboxylic acids is 1. The van der Waals surface area contributed by atoms with Gasteiger partial charge in [0.15, 0.2) is 0 Å². The molecular weight excluding hydrogens is 442 g/mol. The van der Waals surface area contributed by atoms with Crippen molar-refractivity contribution in [1.29, 1.82) is 0 Å². The zero-order valence-electron chi connectivity index (χ0n) is 19.7. The van der Waals surface area contributed by atoms with E-state index in [2.05, 4.69) is 16.0 Å². The summed E-state index contributed by atoms with van der Waals surface area (Å²) in [6.45, 7) is 5.18. The number of hydrogen-bond donors (Lipinski definition) is 5. The van der Waals surface area contributed by atoms with Crippen LogP contribution in [0, 0.1) is 5.92 Å². The smallest absolute Gasteiger partial charge is 0.326 e. The molecule has 0 aromatic heterocycles. The van der Waals surface area contributed by atoms with Crippen LogP contribution < -0.4 is 21.7 Å². The van der Waals surface area contributed by atoms with Crippen LogP contribution in [0.1, 0.15) is 50.4 Å². The van der Waals surface area contributed by atoms with E-state index in [4.69, 9.17) is 5.73 Å². The Labute approximate surface area is 198 Å². The number of benzene rings is 1. The van der Waals surface area contributed by atoms with Crippen LogP contribution in [0.2, 0.25) is 0 Å². The molecule has 0 unspecified atom stereocenters. The molecule has 0 spiro atoms. The van der Waals surface area contributed by atoms with Gasteiger partial charge in [-0.05, 0) is 44.2 Å². The van der Waals surface area contributed by atoms with E-state index in [1.54, 1.807) is 24.3 Å². The number of carboxylic acid groups (broad SMARTS) is 1. The van der Waals surface area contributed by atoms with Crippen molar-refractivity contribution in [2.75, 3.05) is 18.8 Å². The standard InChI is InChI=1S/C23H33N5O6/c1-13(2)11-17(23(33)34)27-20(30)14(3)26-22(32)18-9-6-10-28(18)19(29)12-25-21(31)15-7-4-5-8-16(15)24/h4-5,7-8,13-14,17-18H,6,9-12,24H2,1-3H3,(H,25,31)(H,26,32)(H,27,30)(H,33,34)/t14-,17-,18-/m0/s1. The Bertz CT molecular complexity index is 934. The van der Waals surface area contributed by atoms with Crippen molar-refractivity contribution in [1.82, 2.24) is 20.9 Å². The van der Waals surface area contributed by atoms with Gasteiger partial charge < -0.3 is 31.7 Å². The van der Waals surface area contributed by atoms with E-state index >= 15 is 0 Å². The number of para-hydroxylation sites is 1. The van der Waals surface area contributed by atoms with Crippen LogP contribution in [0.3, 0.4) is 0 Å². The molecule has 1 heterocycles. The monoisotopic (exact) mass is 475 g/mol. The molecule has 2 rings (SSSR count). The van der Waals surface area contributed by atoms with Crippen LogP contribution in [-0.2, 0) is 19.2 Å². The van der Waals surface area contributed by atoms with Crippen LogP contribution >= 0.6 is 0 Å². The van der Waals surface area contributed by atoms with E-state index in [0.29, 0.717) is 19.4 Å².